The fourth-order valence-electron chi connectivity index (χ4n) is 4.37. The van der Waals surface area contributed by atoms with Crippen LogP contribution in [-0.4, -0.2) is 16.7 Å². The van der Waals surface area contributed by atoms with Crippen molar-refractivity contribution in [2.45, 2.75) is 33.6 Å². The van der Waals surface area contributed by atoms with E-state index in [1.807, 2.05) is 50.2 Å². The van der Waals surface area contributed by atoms with Crippen LogP contribution in [0, 0.1) is 31.6 Å². The lowest BCUT2D eigenvalue weighted by Crippen LogP contribution is -2.14. The van der Waals surface area contributed by atoms with Crippen LogP contribution in [-0.2, 0) is 16.0 Å². The van der Waals surface area contributed by atoms with Gasteiger partial charge in [-0.3, -0.25) is 9.78 Å². The van der Waals surface area contributed by atoms with E-state index in [1.54, 1.807) is 37.4 Å². The molecule has 0 saturated heterocycles. The van der Waals surface area contributed by atoms with Crippen molar-refractivity contribution in [3.63, 3.8) is 0 Å². The Morgan fingerprint density at radius 1 is 1.06 bits per heavy atom. The molecule has 1 aromatic heterocycles. The number of rotatable bonds is 5. The second kappa shape index (κ2) is 9.67. The Morgan fingerprint density at radius 3 is 2.39 bits per heavy atom. The van der Waals surface area contributed by atoms with Gasteiger partial charge in [-0.15, -0.1) is 5.92 Å². The van der Waals surface area contributed by atoms with E-state index in [4.69, 9.17) is 4.74 Å². The molecule has 1 atom stereocenters. The molecule has 0 bridgehead atoms. The molecular formula is C29H25NO3. The Labute approximate surface area is 194 Å². The zero-order valence-electron chi connectivity index (χ0n) is 19.0. The van der Waals surface area contributed by atoms with Crippen molar-refractivity contribution >= 4 is 17.3 Å². The molecular weight excluding hydrogens is 410 g/mol. The van der Waals surface area contributed by atoms with E-state index in [0.29, 0.717) is 29.7 Å². The Kier molecular flexibility index (Phi) is 6.51. The van der Waals surface area contributed by atoms with E-state index in [9.17, 15) is 9.59 Å². The van der Waals surface area contributed by atoms with Gasteiger partial charge in [-0.05, 0) is 73.9 Å². The van der Waals surface area contributed by atoms with Crippen LogP contribution in [0.25, 0.3) is 5.57 Å². The number of aryl methyl sites for hydroxylation is 2. The van der Waals surface area contributed by atoms with Crippen molar-refractivity contribution in [2.75, 3.05) is 0 Å². The summed E-state index contributed by atoms with van der Waals surface area (Å²) >= 11 is 0. The Bertz CT molecular complexity index is 1270. The van der Waals surface area contributed by atoms with Gasteiger partial charge in [-0.2, -0.15) is 0 Å². The number of pyridine rings is 1. The third kappa shape index (κ3) is 4.78. The number of benzene rings is 2. The minimum atomic E-state index is -0.460. The molecule has 2 aromatic carbocycles. The molecule has 33 heavy (non-hydrogen) atoms. The van der Waals surface area contributed by atoms with Gasteiger partial charge in [-0.1, -0.05) is 30.2 Å². The first-order valence-electron chi connectivity index (χ1n) is 11.0. The highest BCUT2D eigenvalue weighted by Crippen LogP contribution is 2.40. The maximum atomic E-state index is 13.6. The number of carbonyl (C=O) groups is 2. The van der Waals surface area contributed by atoms with E-state index in [-0.39, 0.29) is 11.7 Å². The minimum absolute atomic E-state index is 0.0166. The number of aromatic nitrogens is 1. The average Bonchev–Trinajstić information content (AvgIpc) is 3.09. The molecule has 4 heteroatoms. The van der Waals surface area contributed by atoms with Crippen molar-refractivity contribution in [1.82, 2.24) is 4.98 Å². The molecule has 1 aliphatic rings. The Hall–Kier alpha value is -3.97. The van der Waals surface area contributed by atoms with E-state index in [2.05, 4.69) is 16.8 Å². The summed E-state index contributed by atoms with van der Waals surface area (Å²) in [5.41, 5.74) is 5.37. The van der Waals surface area contributed by atoms with Crippen molar-refractivity contribution in [1.29, 1.82) is 0 Å². The highest BCUT2D eigenvalue weighted by molar-refractivity contribution is 6.25. The zero-order valence-corrected chi connectivity index (χ0v) is 19.0. The molecule has 0 aliphatic heterocycles. The van der Waals surface area contributed by atoms with Crippen LogP contribution in [0.1, 0.15) is 51.7 Å². The van der Waals surface area contributed by atoms with Gasteiger partial charge in [0.2, 0.25) is 0 Å². The number of ketones is 1. The molecule has 0 amide bonds. The summed E-state index contributed by atoms with van der Waals surface area (Å²) in [6.07, 6.45) is 2.58. The van der Waals surface area contributed by atoms with Gasteiger partial charge < -0.3 is 4.74 Å². The lowest BCUT2D eigenvalue weighted by atomic mass is 9.89. The SMILES string of the molecule is CC#Cc1cc(C)c(C2=C(OC(=O)c3ccccc3)CC(Cc3ccccn3)C2=O)c(C)c1. The van der Waals surface area contributed by atoms with Gasteiger partial charge in [0.1, 0.15) is 5.76 Å². The lowest BCUT2D eigenvalue weighted by Gasteiger charge is -2.14. The highest BCUT2D eigenvalue weighted by Gasteiger charge is 2.37. The van der Waals surface area contributed by atoms with Crippen molar-refractivity contribution in [3.8, 4) is 11.8 Å². The molecule has 1 unspecified atom stereocenters. The number of carbonyl (C=O) groups excluding carboxylic acids is 2. The van der Waals surface area contributed by atoms with Gasteiger partial charge >= 0.3 is 5.97 Å². The first-order valence-corrected chi connectivity index (χ1v) is 11.0. The quantitative estimate of drug-likeness (QED) is 0.394. The Morgan fingerprint density at radius 2 is 1.76 bits per heavy atom. The van der Waals surface area contributed by atoms with Gasteiger partial charge in [-0.25, -0.2) is 4.79 Å². The number of Topliss-reactive ketones (excluding diaryl/α,β-unsaturated/α-hetero) is 1. The average molecular weight is 436 g/mol. The maximum Gasteiger partial charge on any atom is 0.343 e. The zero-order chi connectivity index (χ0) is 23.4. The van der Waals surface area contributed by atoms with Crippen molar-refractivity contribution < 1.29 is 14.3 Å². The minimum Gasteiger partial charge on any atom is -0.427 e. The number of nitrogens with zero attached hydrogens (tertiary/aromatic N) is 1. The van der Waals surface area contributed by atoms with Crippen LogP contribution in [0.4, 0.5) is 0 Å². The fourth-order valence-corrected chi connectivity index (χ4v) is 4.37. The van der Waals surface area contributed by atoms with Crippen LogP contribution < -0.4 is 0 Å². The predicted molar refractivity (Wildman–Crippen MR) is 128 cm³/mol. The Balaban J connectivity index is 1.75. The molecule has 164 valence electrons. The molecule has 1 heterocycles. The molecule has 0 fully saturated rings. The van der Waals surface area contributed by atoms with Crippen molar-refractivity contribution in [2.24, 2.45) is 5.92 Å². The number of ether oxygens (including phenoxy) is 1. The van der Waals surface area contributed by atoms with Gasteiger partial charge in [0.05, 0.1) is 11.1 Å². The summed E-state index contributed by atoms with van der Waals surface area (Å²) in [4.78, 5) is 30.9. The van der Waals surface area contributed by atoms with Gasteiger partial charge in [0.25, 0.3) is 0 Å². The normalized spacial score (nSPS) is 15.2. The number of hydrogen-bond donors (Lipinski definition) is 0. The molecule has 4 rings (SSSR count). The monoisotopic (exact) mass is 435 g/mol. The van der Waals surface area contributed by atoms with Gasteiger partial charge in [0, 0.05) is 36.2 Å². The number of hydrogen-bond acceptors (Lipinski definition) is 4. The number of esters is 1. The number of allylic oxidation sites excluding steroid dienone is 2. The van der Waals surface area contributed by atoms with Crippen molar-refractivity contribution in [3.05, 3.63) is 106 Å². The van der Waals surface area contributed by atoms with E-state index in [0.717, 1.165) is 27.9 Å². The molecule has 0 N–H and O–H groups in total. The molecule has 0 spiro atoms. The largest absolute Gasteiger partial charge is 0.427 e. The first kappa shape index (κ1) is 22.2. The first-order chi connectivity index (χ1) is 16.0. The highest BCUT2D eigenvalue weighted by atomic mass is 16.5. The van der Waals surface area contributed by atoms with E-state index >= 15 is 0 Å². The summed E-state index contributed by atoms with van der Waals surface area (Å²) in [5, 5.41) is 0. The molecule has 4 nitrogen and oxygen atoms in total. The predicted octanol–water partition coefficient (Wildman–Crippen LogP) is 5.47. The summed E-state index contributed by atoms with van der Waals surface area (Å²) in [6, 6.07) is 18.5. The van der Waals surface area contributed by atoms with E-state index < -0.39 is 5.97 Å². The summed E-state index contributed by atoms with van der Waals surface area (Å²) in [7, 11) is 0. The standard InChI is InChI=1S/C29H25NO3/c1-4-10-21-15-19(2)26(20(3)16-21)27-25(33-29(32)22-11-6-5-7-12-22)18-23(28(27)31)17-24-13-8-9-14-30-24/h5-9,11-16,23H,17-18H2,1-3H3. The summed E-state index contributed by atoms with van der Waals surface area (Å²) in [5.74, 6) is 5.62. The van der Waals surface area contributed by atoms with Crippen LogP contribution >= 0.6 is 0 Å². The van der Waals surface area contributed by atoms with Crippen LogP contribution in [0.15, 0.2) is 72.6 Å². The third-order valence-corrected chi connectivity index (χ3v) is 5.79. The topological polar surface area (TPSA) is 56.3 Å². The summed E-state index contributed by atoms with van der Waals surface area (Å²) < 4.78 is 5.86. The van der Waals surface area contributed by atoms with Crippen LogP contribution in [0.5, 0.6) is 0 Å². The summed E-state index contributed by atoms with van der Waals surface area (Å²) in [6.45, 7) is 5.73. The smallest absolute Gasteiger partial charge is 0.343 e. The van der Waals surface area contributed by atoms with Crippen LogP contribution in [0.2, 0.25) is 0 Å². The third-order valence-electron chi connectivity index (χ3n) is 5.79. The second-order valence-electron chi connectivity index (χ2n) is 8.20. The molecule has 3 aromatic rings. The second-order valence-corrected chi connectivity index (χ2v) is 8.20. The molecule has 0 saturated carbocycles. The molecule has 1 aliphatic carbocycles. The van der Waals surface area contributed by atoms with E-state index in [1.165, 1.54) is 0 Å². The van der Waals surface area contributed by atoms with Gasteiger partial charge in [0.15, 0.2) is 5.78 Å². The van der Waals surface area contributed by atoms with Crippen LogP contribution in [0.3, 0.4) is 0 Å². The lowest BCUT2D eigenvalue weighted by molar-refractivity contribution is -0.116. The molecule has 0 radical (unpaired) electrons. The maximum absolute atomic E-state index is 13.6. The fraction of sp³-hybridized carbons (Fsp3) is 0.207.